The first-order valence-electron chi connectivity index (χ1n) is 11.8. The molecule has 36 heavy (non-hydrogen) atoms. The molecule has 2 heterocycles. The van der Waals surface area contributed by atoms with E-state index in [9.17, 15) is 14.4 Å². The maximum absolute atomic E-state index is 13.4. The van der Waals surface area contributed by atoms with Gasteiger partial charge >= 0.3 is 13.4 Å². The number of carbonyl (C=O) groups excluding carboxylic acids is 3. The number of nitrogens with zero attached hydrogens (tertiary/aromatic N) is 1. The monoisotopic (exact) mass is 498 g/mol. The fourth-order valence-electron chi connectivity index (χ4n) is 4.00. The smallest absolute Gasteiger partial charge is 0.342 e. The molecular formula is C26H33BNO8. The molecule has 3 rings (SSSR count). The fraction of sp³-hybridized carbons (Fsp3) is 0.500. The van der Waals surface area contributed by atoms with Crippen molar-refractivity contribution in [3.8, 4) is 5.75 Å². The van der Waals surface area contributed by atoms with Gasteiger partial charge in [-0.25, -0.2) is 4.79 Å². The summed E-state index contributed by atoms with van der Waals surface area (Å²) in [5.74, 6) is -1.68. The predicted octanol–water partition coefficient (Wildman–Crippen LogP) is 3.16. The van der Waals surface area contributed by atoms with E-state index in [0.29, 0.717) is 23.9 Å². The summed E-state index contributed by atoms with van der Waals surface area (Å²) in [7, 11) is 4.54. The highest BCUT2D eigenvalue weighted by atomic mass is 16.8. The van der Waals surface area contributed by atoms with Crippen molar-refractivity contribution in [2.45, 2.75) is 58.2 Å². The summed E-state index contributed by atoms with van der Waals surface area (Å²) in [6.07, 6.45) is 5.99. The number of hydrogen-bond donors (Lipinski definition) is 0. The van der Waals surface area contributed by atoms with Crippen LogP contribution < -0.4 is 9.55 Å². The standard InChI is InChI=1S/C26H33BNO8/c1-16-10-11-20(30)24-21(35-26(3,4)36-24)9-7-8-18-12-19(28(5)27-14-29)13-22(33-15-32-6)23(18)25(31)34-17(16)2/h7-8,10-14,16-17,21,24H,9,15H2,1-6H3. The van der Waals surface area contributed by atoms with Crippen LogP contribution in [0.25, 0.3) is 6.08 Å². The van der Waals surface area contributed by atoms with Crippen molar-refractivity contribution in [1.82, 2.24) is 0 Å². The van der Waals surface area contributed by atoms with Gasteiger partial charge in [0.05, 0.1) is 6.10 Å². The van der Waals surface area contributed by atoms with E-state index in [4.69, 9.17) is 23.7 Å². The molecule has 9 nitrogen and oxygen atoms in total. The summed E-state index contributed by atoms with van der Waals surface area (Å²) >= 11 is 0. The van der Waals surface area contributed by atoms with Crippen LogP contribution in [0.5, 0.6) is 5.75 Å². The summed E-state index contributed by atoms with van der Waals surface area (Å²) in [4.78, 5) is 38.9. The van der Waals surface area contributed by atoms with Gasteiger partial charge in [-0.15, -0.1) is 0 Å². The zero-order valence-electron chi connectivity index (χ0n) is 21.6. The van der Waals surface area contributed by atoms with Gasteiger partial charge in [-0.05, 0) is 51.9 Å². The van der Waals surface area contributed by atoms with Gasteiger partial charge in [0.25, 0.3) is 0 Å². The molecule has 0 aliphatic carbocycles. The zero-order valence-corrected chi connectivity index (χ0v) is 21.6. The molecule has 0 amide bonds. The van der Waals surface area contributed by atoms with E-state index in [-0.39, 0.29) is 29.8 Å². The van der Waals surface area contributed by atoms with Crippen LogP contribution in [0.15, 0.2) is 30.4 Å². The van der Waals surface area contributed by atoms with Gasteiger partial charge in [-0.1, -0.05) is 25.2 Å². The number of cyclic esters (lactones) is 1. The number of methoxy groups -OCH3 is 1. The van der Waals surface area contributed by atoms with E-state index < -0.39 is 30.1 Å². The number of rotatable bonds is 6. The van der Waals surface area contributed by atoms with Crippen molar-refractivity contribution in [2.24, 2.45) is 5.92 Å². The summed E-state index contributed by atoms with van der Waals surface area (Å²) in [5.41, 5.74) is 1.36. The average molecular weight is 498 g/mol. The molecule has 0 aromatic heterocycles. The van der Waals surface area contributed by atoms with Crippen LogP contribution in [0.4, 0.5) is 5.69 Å². The predicted molar refractivity (Wildman–Crippen MR) is 136 cm³/mol. The Morgan fingerprint density at radius 3 is 2.64 bits per heavy atom. The molecule has 1 saturated heterocycles. The largest absolute Gasteiger partial charge is 0.467 e. The maximum Gasteiger partial charge on any atom is 0.342 e. The molecule has 2 aliphatic rings. The van der Waals surface area contributed by atoms with Crippen LogP contribution in [-0.4, -0.2) is 70.4 Å². The highest BCUT2D eigenvalue weighted by Gasteiger charge is 2.43. The van der Waals surface area contributed by atoms with Crippen LogP contribution >= 0.6 is 0 Å². The zero-order chi connectivity index (χ0) is 26.5. The number of fused-ring (bicyclic) bond motifs is 2. The first-order valence-corrected chi connectivity index (χ1v) is 11.8. The molecule has 1 aromatic rings. The van der Waals surface area contributed by atoms with Crippen LogP contribution in [0, 0.1) is 5.92 Å². The Bertz CT molecular complexity index is 1040. The lowest BCUT2D eigenvalue weighted by molar-refractivity contribution is -0.152. The van der Waals surface area contributed by atoms with Gasteiger partial charge in [0.2, 0.25) is 0 Å². The third kappa shape index (κ3) is 6.63. The minimum atomic E-state index is -0.905. The van der Waals surface area contributed by atoms with Gasteiger partial charge in [0.15, 0.2) is 18.4 Å². The number of hydrogen-bond acceptors (Lipinski definition) is 9. The summed E-state index contributed by atoms with van der Waals surface area (Å²) < 4.78 is 28.5. The Hall–Kier alpha value is -2.95. The van der Waals surface area contributed by atoms with Crippen molar-refractivity contribution in [3.05, 3.63) is 41.5 Å². The van der Waals surface area contributed by atoms with E-state index in [2.05, 4.69) is 0 Å². The lowest BCUT2D eigenvalue weighted by Gasteiger charge is -2.23. The molecule has 4 unspecified atom stereocenters. The van der Waals surface area contributed by atoms with Gasteiger partial charge in [0, 0.05) is 24.8 Å². The lowest BCUT2D eigenvalue weighted by Crippen LogP contribution is -2.30. The second kappa shape index (κ2) is 11.9. The van der Waals surface area contributed by atoms with Gasteiger partial charge in [0.1, 0.15) is 29.7 Å². The number of esters is 1. The molecule has 1 fully saturated rings. The topological polar surface area (TPSA) is 101 Å². The van der Waals surface area contributed by atoms with Gasteiger partial charge in [-0.3, -0.25) is 4.79 Å². The summed E-state index contributed by atoms with van der Waals surface area (Å²) in [6.45, 7) is 7.07. The Kier molecular flexibility index (Phi) is 9.11. The summed E-state index contributed by atoms with van der Waals surface area (Å²) in [5, 5.41) is 0. The molecule has 0 spiro atoms. The third-order valence-electron chi connectivity index (χ3n) is 6.07. The van der Waals surface area contributed by atoms with Crippen molar-refractivity contribution in [3.63, 3.8) is 0 Å². The van der Waals surface area contributed by atoms with Gasteiger partial charge < -0.3 is 33.3 Å². The molecular weight excluding hydrogens is 465 g/mol. The fourth-order valence-corrected chi connectivity index (χ4v) is 4.00. The van der Waals surface area contributed by atoms with E-state index in [0.717, 1.165) is 0 Å². The van der Waals surface area contributed by atoms with Crippen LogP contribution in [0.3, 0.4) is 0 Å². The third-order valence-corrected chi connectivity index (χ3v) is 6.07. The molecule has 10 heteroatoms. The molecule has 0 saturated carbocycles. The number of ether oxygens (including phenoxy) is 5. The number of benzene rings is 1. The number of ketones is 1. The second-order valence-electron chi connectivity index (χ2n) is 9.32. The van der Waals surface area contributed by atoms with E-state index in [1.165, 1.54) is 20.6 Å². The number of anilines is 1. The molecule has 2 aliphatic heterocycles. The first-order chi connectivity index (χ1) is 17.1. The Morgan fingerprint density at radius 2 is 1.94 bits per heavy atom. The van der Waals surface area contributed by atoms with Crippen molar-refractivity contribution in [1.29, 1.82) is 0 Å². The maximum atomic E-state index is 13.4. The van der Waals surface area contributed by atoms with Crippen LogP contribution in [-0.2, 0) is 28.5 Å². The highest BCUT2D eigenvalue weighted by molar-refractivity contribution is 6.70. The van der Waals surface area contributed by atoms with Crippen molar-refractivity contribution < 1.29 is 38.1 Å². The highest BCUT2D eigenvalue weighted by Crippen LogP contribution is 2.34. The van der Waals surface area contributed by atoms with Gasteiger partial charge in [-0.2, -0.15) is 0 Å². The van der Waals surface area contributed by atoms with Crippen molar-refractivity contribution >= 4 is 37.1 Å². The SMILES string of the molecule is COCOc1cc(N(C)[B]C=O)cc2c1C(=O)OC(C)C(C)C=CC(=O)C1OC(C)(C)OC1CC=C2. The first kappa shape index (κ1) is 27.6. The molecule has 0 bridgehead atoms. The average Bonchev–Trinajstić information content (AvgIpc) is 3.14. The molecule has 1 aromatic carbocycles. The normalized spacial score (nSPS) is 25.8. The minimum Gasteiger partial charge on any atom is -0.467 e. The van der Waals surface area contributed by atoms with Crippen molar-refractivity contribution in [2.75, 3.05) is 25.8 Å². The Labute approximate surface area is 212 Å². The number of carbonyl (C=O) groups is 3. The molecule has 193 valence electrons. The van der Waals surface area contributed by atoms with Crippen LogP contribution in [0.2, 0.25) is 0 Å². The van der Waals surface area contributed by atoms with E-state index >= 15 is 0 Å². The van der Waals surface area contributed by atoms with Crippen LogP contribution in [0.1, 0.15) is 50.0 Å². The molecule has 4 atom stereocenters. The second-order valence-corrected chi connectivity index (χ2v) is 9.32. The lowest BCUT2D eigenvalue weighted by atomic mass is 9.93. The minimum absolute atomic E-state index is 0.0885. The Morgan fingerprint density at radius 1 is 1.19 bits per heavy atom. The summed E-state index contributed by atoms with van der Waals surface area (Å²) in [6, 6.07) is 3.40. The van der Waals surface area contributed by atoms with E-state index in [1.807, 2.05) is 13.0 Å². The Balaban J connectivity index is 2.11. The molecule has 0 N–H and O–H groups in total. The van der Waals surface area contributed by atoms with E-state index in [1.54, 1.807) is 56.9 Å². The quantitative estimate of drug-likeness (QED) is 0.253. The molecule has 1 radical (unpaired) electrons.